The predicted octanol–water partition coefficient (Wildman–Crippen LogP) is 4.29. The third kappa shape index (κ3) is 5.50. The van der Waals surface area contributed by atoms with Gasteiger partial charge in [0.15, 0.2) is 11.5 Å². The number of carbonyl (C=O) groups excluding carboxylic acids is 1. The number of hydrogen-bond donors (Lipinski definition) is 1. The van der Waals surface area contributed by atoms with Gasteiger partial charge in [0.2, 0.25) is 0 Å². The van der Waals surface area contributed by atoms with Crippen molar-refractivity contribution < 1.29 is 32.9 Å². The Balaban J connectivity index is 1.80. The van der Waals surface area contributed by atoms with Crippen molar-refractivity contribution in [3.63, 3.8) is 0 Å². The first-order valence-corrected chi connectivity index (χ1v) is 9.91. The number of β-amino-alcohol motifs (C(OH)–C–C–N with tert-alkyl or cyclic N) is 1. The number of alkyl halides is 2. The molecular formula is C21H29F2NO5. The molecule has 0 bridgehead atoms. The quantitative estimate of drug-likeness (QED) is 0.753. The summed E-state index contributed by atoms with van der Waals surface area (Å²) >= 11 is 0. The maximum absolute atomic E-state index is 12.7. The smallest absolute Gasteiger partial charge is 0.410 e. The maximum atomic E-state index is 12.7. The second-order valence-electron chi connectivity index (χ2n) is 8.99. The van der Waals surface area contributed by atoms with Crippen LogP contribution in [0.5, 0.6) is 11.5 Å². The molecule has 1 aliphatic heterocycles. The average Bonchev–Trinajstić information content (AvgIpc) is 3.35. The SMILES string of the molecule is C[C@H]1C[C@@](O)(c2ccc(OC(F)F)c(OCC3CC3)c2)CN1C(=O)OC(C)(C)C. The molecule has 2 aliphatic rings. The number of hydrogen-bond acceptors (Lipinski definition) is 5. The first-order valence-electron chi connectivity index (χ1n) is 9.91. The van der Waals surface area contributed by atoms with E-state index >= 15 is 0 Å². The van der Waals surface area contributed by atoms with Gasteiger partial charge in [0, 0.05) is 12.5 Å². The maximum Gasteiger partial charge on any atom is 0.410 e. The fourth-order valence-electron chi connectivity index (χ4n) is 3.47. The van der Waals surface area contributed by atoms with Crippen molar-refractivity contribution in [3.8, 4) is 11.5 Å². The van der Waals surface area contributed by atoms with Crippen molar-refractivity contribution >= 4 is 6.09 Å². The van der Waals surface area contributed by atoms with Gasteiger partial charge in [0.25, 0.3) is 0 Å². The van der Waals surface area contributed by atoms with Gasteiger partial charge in [-0.05, 0) is 64.2 Å². The van der Waals surface area contributed by atoms with Gasteiger partial charge in [-0.3, -0.25) is 0 Å². The van der Waals surface area contributed by atoms with E-state index in [1.54, 1.807) is 20.8 Å². The van der Waals surface area contributed by atoms with Crippen LogP contribution in [0.15, 0.2) is 18.2 Å². The van der Waals surface area contributed by atoms with Crippen molar-refractivity contribution in [2.24, 2.45) is 5.92 Å². The third-order valence-electron chi connectivity index (χ3n) is 5.09. The number of aliphatic hydroxyl groups is 1. The molecule has 2 fully saturated rings. The Labute approximate surface area is 169 Å². The Morgan fingerprint density at radius 3 is 2.59 bits per heavy atom. The van der Waals surface area contributed by atoms with Crippen molar-refractivity contribution in [2.75, 3.05) is 13.2 Å². The van der Waals surface area contributed by atoms with Crippen LogP contribution < -0.4 is 9.47 Å². The molecule has 0 aromatic heterocycles. The summed E-state index contributed by atoms with van der Waals surface area (Å²) in [7, 11) is 0. The molecule has 1 saturated carbocycles. The van der Waals surface area contributed by atoms with Crippen LogP contribution in [-0.2, 0) is 10.3 Å². The molecule has 1 amide bonds. The van der Waals surface area contributed by atoms with E-state index in [2.05, 4.69) is 4.74 Å². The van der Waals surface area contributed by atoms with Crippen LogP contribution in [0.2, 0.25) is 0 Å². The number of benzene rings is 1. The van der Waals surface area contributed by atoms with E-state index in [1.165, 1.54) is 23.1 Å². The molecule has 0 radical (unpaired) electrons. The summed E-state index contributed by atoms with van der Waals surface area (Å²) in [5.74, 6) is 0.532. The first kappa shape index (κ1) is 21.6. The number of halogens is 2. The van der Waals surface area contributed by atoms with Crippen molar-refractivity contribution in [2.45, 2.75) is 70.8 Å². The molecule has 0 unspecified atom stereocenters. The lowest BCUT2D eigenvalue weighted by molar-refractivity contribution is -0.0516. The fraction of sp³-hybridized carbons (Fsp3) is 0.667. The van der Waals surface area contributed by atoms with E-state index in [0.29, 0.717) is 24.5 Å². The number of nitrogens with zero attached hydrogens (tertiary/aromatic N) is 1. The fourth-order valence-corrected chi connectivity index (χ4v) is 3.47. The van der Waals surface area contributed by atoms with Crippen LogP contribution in [-0.4, -0.2) is 47.5 Å². The van der Waals surface area contributed by atoms with E-state index in [1.807, 2.05) is 6.92 Å². The first-order chi connectivity index (χ1) is 13.5. The third-order valence-corrected chi connectivity index (χ3v) is 5.09. The largest absolute Gasteiger partial charge is 0.489 e. The highest BCUT2D eigenvalue weighted by Gasteiger charge is 2.45. The summed E-state index contributed by atoms with van der Waals surface area (Å²) < 4.78 is 41.1. The van der Waals surface area contributed by atoms with Crippen molar-refractivity contribution in [1.29, 1.82) is 0 Å². The summed E-state index contributed by atoms with van der Waals surface area (Å²) in [6, 6.07) is 4.20. The number of likely N-dealkylation sites (tertiary alicyclic amines) is 1. The number of ether oxygens (including phenoxy) is 3. The van der Waals surface area contributed by atoms with E-state index in [-0.39, 0.29) is 24.1 Å². The van der Waals surface area contributed by atoms with Gasteiger partial charge >= 0.3 is 12.7 Å². The molecule has 3 rings (SSSR count). The molecule has 1 N–H and O–H groups in total. The minimum absolute atomic E-state index is 0.0419. The van der Waals surface area contributed by atoms with Crippen LogP contribution in [0.25, 0.3) is 0 Å². The highest BCUT2D eigenvalue weighted by Crippen LogP contribution is 2.41. The zero-order valence-corrected chi connectivity index (χ0v) is 17.3. The second kappa shape index (κ2) is 7.97. The molecule has 1 saturated heterocycles. The van der Waals surface area contributed by atoms with E-state index in [9.17, 15) is 18.7 Å². The minimum Gasteiger partial charge on any atom is -0.489 e. The van der Waals surface area contributed by atoms with Gasteiger partial charge < -0.3 is 24.2 Å². The monoisotopic (exact) mass is 413 g/mol. The Kier molecular flexibility index (Phi) is 5.94. The molecule has 8 heteroatoms. The standard InChI is InChI=1S/C21H29F2NO5/c1-13-10-21(26,12-24(13)19(25)29-20(2,3)4)15-7-8-16(28-18(22)23)17(9-15)27-11-14-5-6-14/h7-9,13-14,18,26H,5-6,10-12H2,1-4H3/t13-,21-/m0/s1. The lowest BCUT2D eigenvalue weighted by Crippen LogP contribution is -2.40. The number of amides is 1. The van der Waals surface area contributed by atoms with Crippen molar-refractivity contribution in [1.82, 2.24) is 4.90 Å². The highest BCUT2D eigenvalue weighted by atomic mass is 19.3. The minimum atomic E-state index is -2.97. The van der Waals surface area contributed by atoms with Crippen LogP contribution in [0.3, 0.4) is 0 Å². The molecule has 1 aliphatic carbocycles. The normalized spacial score (nSPS) is 24.7. The van der Waals surface area contributed by atoms with Gasteiger partial charge in [0.05, 0.1) is 13.2 Å². The van der Waals surface area contributed by atoms with Crippen LogP contribution in [0, 0.1) is 5.92 Å². The molecule has 162 valence electrons. The van der Waals surface area contributed by atoms with Crippen LogP contribution in [0.4, 0.5) is 13.6 Å². The molecular weight excluding hydrogens is 384 g/mol. The lowest BCUT2D eigenvalue weighted by Gasteiger charge is -2.28. The summed E-state index contributed by atoms with van der Waals surface area (Å²) in [4.78, 5) is 14.0. The van der Waals surface area contributed by atoms with Crippen LogP contribution >= 0.6 is 0 Å². The summed E-state index contributed by atoms with van der Waals surface area (Å²) in [6.45, 7) is 4.67. The van der Waals surface area contributed by atoms with Gasteiger partial charge in [-0.1, -0.05) is 6.07 Å². The molecule has 2 atom stereocenters. The Bertz CT molecular complexity index is 747. The zero-order chi connectivity index (χ0) is 21.4. The molecule has 1 aromatic rings. The summed E-state index contributed by atoms with van der Waals surface area (Å²) in [5, 5.41) is 11.2. The van der Waals surface area contributed by atoms with Crippen LogP contribution in [0.1, 0.15) is 52.5 Å². The Morgan fingerprint density at radius 1 is 1.31 bits per heavy atom. The lowest BCUT2D eigenvalue weighted by atomic mass is 9.91. The molecule has 0 spiro atoms. The zero-order valence-electron chi connectivity index (χ0n) is 17.3. The summed E-state index contributed by atoms with van der Waals surface area (Å²) in [5.41, 5.74) is -1.49. The molecule has 29 heavy (non-hydrogen) atoms. The number of carbonyl (C=O) groups is 1. The van der Waals surface area contributed by atoms with Gasteiger partial charge in [-0.15, -0.1) is 0 Å². The average molecular weight is 413 g/mol. The molecule has 6 nitrogen and oxygen atoms in total. The predicted molar refractivity (Wildman–Crippen MR) is 102 cm³/mol. The van der Waals surface area contributed by atoms with E-state index in [0.717, 1.165) is 12.8 Å². The number of rotatable bonds is 6. The Morgan fingerprint density at radius 2 is 2.00 bits per heavy atom. The molecule has 1 heterocycles. The van der Waals surface area contributed by atoms with Crippen molar-refractivity contribution in [3.05, 3.63) is 23.8 Å². The van der Waals surface area contributed by atoms with Gasteiger partial charge in [-0.25, -0.2) is 4.79 Å². The van der Waals surface area contributed by atoms with Gasteiger partial charge in [-0.2, -0.15) is 8.78 Å². The second-order valence-corrected chi connectivity index (χ2v) is 8.99. The van der Waals surface area contributed by atoms with Gasteiger partial charge in [0.1, 0.15) is 11.2 Å². The van der Waals surface area contributed by atoms with E-state index in [4.69, 9.17) is 9.47 Å². The highest BCUT2D eigenvalue weighted by molar-refractivity contribution is 5.69. The molecule has 1 aromatic carbocycles. The van der Waals surface area contributed by atoms with E-state index < -0.39 is 23.9 Å². The Hall–Kier alpha value is -2.09. The summed E-state index contributed by atoms with van der Waals surface area (Å²) in [6.07, 6.45) is 1.90. The topological polar surface area (TPSA) is 68.2 Å².